The number of furan rings is 1. The maximum Gasteiger partial charge on any atom is 0.306 e. The standard InChI is InChI=1S/C17H13FN4O4S/c1-9-14(17(27-2)21-15(19-9)13-4-3-7-26-13)16(23)20-10-5-6-11(18)12(8-10)22(24)25/h3-8H,1-2H3,(H,20,23). The van der Waals surface area contributed by atoms with Crippen LogP contribution in [0.4, 0.5) is 15.8 Å². The molecule has 1 N–H and O–H groups in total. The van der Waals surface area contributed by atoms with Crippen LogP contribution >= 0.6 is 11.8 Å². The second-order valence-corrected chi connectivity index (χ2v) is 6.17. The molecule has 1 amide bonds. The summed E-state index contributed by atoms with van der Waals surface area (Å²) in [7, 11) is 0. The first-order chi connectivity index (χ1) is 12.9. The molecule has 3 aromatic rings. The van der Waals surface area contributed by atoms with Crippen LogP contribution in [0.15, 0.2) is 46.0 Å². The van der Waals surface area contributed by atoms with Gasteiger partial charge in [0.2, 0.25) is 5.82 Å². The van der Waals surface area contributed by atoms with Crippen LogP contribution in [-0.2, 0) is 0 Å². The van der Waals surface area contributed by atoms with E-state index in [0.717, 1.165) is 12.1 Å². The normalized spacial score (nSPS) is 10.6. The summed E-state index contributed by atoms with van der Waals surface area (Å²) in [5.74, 6) is -0.723. The van der Waals surface area contributed by atoms with E-state index in [1.807, 2.05) is 0 Å². The quantitative estimate of drug-likeness (QED) is 0.303. The Morgan fingerprint density at radius 2 is 2.11 bits per heavy atom. The number of amides is 1. The topological polar surface area (TPSA) is 111 Å². The van der Waals surface area contributed by atoms with Crippen LogP contribution in [-0.4, -0.2) is 27.1 Å². The zero-order valence-electron chi connectivity index (χ0n) is 14.2. The van der Waals surface area contributed by atoms with Crippen molar-refractivity contribution in [2.75, 3.05) is 11.6 Å². The molecule has 0 saturated heterocycles. The number of anilines is 1. The lowest BCUT2D eigenvalue weighted by Gasteiger charge is -2.11. The van der Waals surface area contributed by atoms with Crippen molar-refractivity contribution in [1.29, 1.82) is 0 Å². The van der Waals surface area contributed by atoms with Gasteiger partial charge in [0.15, 0.2) is 11.6 Å². The van der Waals surface area contributed by atoms with Gasteiger partial charge >= 0.3 is 5.69 Å². The van der Waals surface area contributed by atoms with Gasteiger partial charge in [-0.05, 0) is 37.4 Å². The molecule has 27 heavy (non-hydrogen) atoms. The molecule has 2 aromatic heterocycles. The molecule has 0 aliphatic rings. The number of benzene rings is 1. The van der Waals surface area contributed by atoms with Gasteiger partial charge in [-0.25, -0.2) is 9.97 Å². The zero-order valence-corrected chi connectivity index (χ0v) is 15.0. The fourth-order valence-corrected chi connectivity index (χ4v) is 3.02. The average Bonchev–Trinajstić information content (AvgIpc) is 3.16. The van der Waals surface area contributed by atoms with Crippen molar-refractivity contribution < 1.29 is 18.5 Å². The Bertz CT molecular complexity index is 1020. The van der Waals surface area contributed by atoms with Gasteiger partial charge < -0.3 is 9.73 Å². The summed E-state index contributed by atoms with van der Waals surface area (Å²) in [6.07, 6.45) is 3.25. The molecule has 1 aromatic carbocycles. The minimum atomic E-state index is -0.981. The van der Waals surface area contributed by atoms with E-state index in [9.17, 15) is 19.3 Å². The first-order valence-electron chi connectivity index (χ1n) is 7.62. The van der Waals surface area contributed by atoms with Crippen molar-refractivity contribution in [3.05, 3.63) is 63.8 Å². The lowest BCUT2D eigenvalue weighted by Crippen LogP contribution is -2.17. The number of nitrogens with zero attached hydrogens (tertiary/aromatic N) is 3. The van der Waals surface area contributed by atoms with Crippen LogP contribution < -0.4 is 5.32 Å². The summed E-state index contributed by atoms with van der Waals surface area (Å²) in [4.78, 5) is 31.3. The predicted octanol–water partition coefficient (Wildman–Crippen LogP) is 4.07. The van der Waals surface area contributed by atoms with E-state index in [-0.39, 0.29) is 11.3 Å². The number of hydrogen-bond donors (Lipinski definition) is 1. The summed E-state index contributed by atoms with van der Waals surface area (Å²) in [5, 5.41) is 13.8. The number of carbonyl (C=O) groups is 1. The number of halogens is 1. The van der Waals surface area contributed by atoms with Crippen LogP contribution in [0.3, 0.4) is 0 Å². The van der Waals surface area contributed by atoms with Crippen molar-refractivity contribution in [1.82, 2.24) is 9.97 Å². The molecular formula is C17H13FN4O4S. The highest BCUT2D eigenvalue weighted by atomic mass is 32.2. The van der Waals surface area contributed by atoms with Gasteiger partial charge in [-0.1, -0.05) is 0 Å². The third-order valence-corrected chi connectivity index (χ3v) is 4.30. The summed E-state index contributed by atoms with van der Waals surface area (Å²) in [5.41, 5.74) is 0.00772. The Labute approximate surface area is 157 Å². The Balaban J connectivity index is 1.95. The molecule has 0 aliphatic heterocycles. The monoisotopic (exact) mass is 388 g/mol. The van der Waals surface area contributed by atoms with Crippen molar-refractivity contribution in [3.8, 4) is 11.6 Å². The van der Waals surface area contributed by atoms with Crippen LogP contribution in [0.5, 0.6) is 0 Å². The van der Waals surface area contributed by atoms with Crippen LogP contribution in [0.1, 0.15) is 16.1 Å². The SMILES string of the molecule is CSc1nc(-c2ccco2)nc(C)c1C(=O)Nc1ccc(F)c([N+](=O)[O-])c1. The molecule has 0 fully saturated rings. The minimum Gasteiger partial charge on any atom is -0.461 e. The highest BCUT2D eigenvalue weighted by Gasteiger charge is 2.21. The second kappa shape index (κ2) is 7.54. The van der Waals surface area contributed by atoms with E-state index in [1.165, 1.54) is 24.1 Å². The van der Waals surface area contributed by atoms with E-state index in [0.29, 0.717) is 22.3 Å². The lowest BCUT2D eigenvalue weighted by atomic mass is 10.2. The minimum absolute atomic E-state index is 0.0923. The second-order valence-electron chi connectivity index (χ2n) is 5.37. The fourth-order valence-electron chi connectivity index (χ4n) is 2.40. The molecule has 10 heteroatoms. The summed E-state index contributed by atoms with van der Waals surface area (Å²) < 4.78 is 18.7. The highest BCUT2D eigenvalue weighted by molar-refractivity contribution is 7.98. The first-order valence-corrected chi connectivity index (χ1v) is 8.85. The van der Waals surface area contributed by atoms with Crippen LogP contribution in [0.2, 0.25) is 0 Å². The predicted molar refractivity (Wildman–Crippen MR) is 97.3 cm³/mol. The van der Waals surface area contributed by atoms with Gasteiger partial charge in [0.1, 0.15) is 5.03 Å². The Kier molecular flexibility index (Phi) is 5.17. The molecular weight excluding hydrogens is 375 g/mol. The maximum atomic E-state index is 13.5. The van der Waals surface area contributed by atoms with E-state index in [1.54, 1.807) is 25.3 Å². The number of rotatable bonds is 5. The maximum absolute atomic E-state index is 13.5. The van der Waals surface area contributed by atoms with Crippen LogP contribution in [0, 0.1) is 22.9 Å². The largest absolute Gasteiger partial charge is 0.461 e. The molecule has 0 unspecified atom stereocenters. The van der Waals surface area contributed by atoms with E-state index >= 15 is 0 Å². The third-order valence-electron chi connectivity index (χ3n) is 3.62. The smallest absolute Gasteiger partial charge is 0.306 e. The van der Waals surface area contributed by atoms with Crippen molar-refractivity contribution in [2.24, 2.45) is 0 Å². The van der Waals surface area contributed by atoms with Crippen LogP contribution in [0.25, 0.3) is 11.6 Å². The molecule has 138 valence electrons. The molecule has 0 spiro atoms. The number of aryl methyl sites for hydroxylation is 1. The van der Waals surface area contributed by atoms with Crippen molar-refractivity contribution >= 4 is 29.0 Å². The summed E-state index contributed by atoms with van der Waals surface area (Å²) in [6, 6.07) is 6.53. The highest BCUT2D eigenvalue weighted by Crippen LogP contribution is 2.27. The van der Waals surface area contributed by atoms with Gasteiger partial charge in [-0.3, -0.25) is 14.9 Å². The number of thioether (sulfide) groups is 1. The van der Waals surface area contributed by atoms with Gasteiger partial charge in [0.25, 0.3) is 5.91 Å². The van der Waals surface area contributed by atoms with E-state index in [2.05, 4.69) is 15.3 Å². The fraction of sp³-hybridized carbons (Fsp3) is 0.118. The number of aromatic nitrogens is 2. The number of nitro groups is 1. The van der Waals surface area contributed by atoms with Crippen molar-refractivity contribution in [2.45, 2.75) is 11.9 Å². The van der Waals surface area contributed by atoms with Gasteiger partial charge in [0, 0.05) is 11.8 Å². The van der Waals surface area contributed by atoms with E-state index in [4.69, 9.17) is 4.42 Å². The molecule has 3 rings (SSSR count). The molecule has 0 bridgehead atoms. The van der Waals surface area contributed by atoms with E-state index < -0.39 is 22.3 Å². The average molecular weight is 388 g/mol. The number of carbonyl (C=O) groups excluding carboxylic acids is 1. The van der Waals surface area contributed by atoms with Gasteiger partial charge in [-0.2, -0.15) is 4.39 Å². The Hall–Kier alpha value is -3.27. The number of nitrogens with one attached hydrogen (secondary N) is 1. The molecule has 0 saturated carbocycles. The molecule has 0 radical (unpaired) electrons. The van der Waals surface area contributed by atoms with Crippen molar-refractivity contribution in [3.63, 3.8) is 0 Å². The summed E-state index contributed by atoms with van der Waals surface area (Å²) >= 11 is 1.25. The third kappa shape index (κ3) is 3.80. The zero-order chi connectivity index (χ0) is 19.6. The number of hydrogen-bond acceptors (Lipinski definition) is 7. The summed E-state index contributed by atoms with van der Waals surface area (Å²) in [6.45, 7) is 1.65. The van der Waals surface area contributed by atoms with Gasteiger partial charge in [-0.15, -0.1) is 11.8 Å². The Morgan fingerprint density at radius 1 is 1.33 bits per heavy atom. The van der Waals surface area contributed by atoms with Gasteiger partial charge in [0.05, 0.1) is 22.4 Å². The molecule has 0 aliphatic carbocycles. The number of nitro benzene ring substituents is 1. The first kappa shape index (κ1) is 18.5. The Morgan fingerprint density at radius 3 is 2.74 bits per heavy atom. The molecule has 0 atom stereocenters. The molecule has 8 nitrogen and oxygen atoms in total. The molecule has 2 heterocycles. The lowest BCUT2D eigenvalue weighted by molar-refractivity contribution is -0.387.